The standard InChI is InChI=1S/C37H38N2O7/c1-3-19-38(21-25-9-14-30(15-10-25)46-29-7-5-4-6-8-29)34(40)23-39-22-31(27-13-18-32-33(20-27)45-24-44-32)35(37(41)42)36(39)26-11-16-28(43-2)17-12-26/h4-18,20,31,35-36H,3,19,21-24H2,1-2H3,(H,41,42). The van der Waals surface area contributed by atoms with Crippen molar-refractivity contribution in [3.8, 4) is 28.7 Å². The molecule has 3 atom stereocenters. The Morgan fingerprint density at radius 3 is 2.24 bits per heavy atom. The lowest BCUT2D eigenvalue weighted by molar-refractivity contribution is -0.144. The Kier molecular flexibility index (Phi) is 9.40. The van der Waals surface area contributed by atoms with Crippen LogP contribution in [0.3, 0.4) is 0 Å². The fourth-order valence-corrected chi connectivity index (χ4v) is 6.42. The Balaban J connectivity index is 1.24. The van der Waals surface area contributed by atoms with E-state index in [0.717, 1.165) is 34.6 Å². The van der Waals surface area contributed by atoms with Crippen LogP contribution in [-0.4, -0.2) is 60.3 Å². The Labute approximate surface area is 268 Å². The van der Waals surface area contributed by atoms with E-state index in [0.29, 0.717) is 36.9 Å². The lowest BCUT2D eigenvalue weighted by Gasteiger charge is -2.30. The summed E-state index contributed by atoms with van der Waals surface area (Å²) in [4.78, 5) is 30.8. The molecule has 9 heteroatoms. The molecule has 1 fully saturated rings. The second-order valence-electron chi connectivity index (χ2n) is 11.6. The first-order valence-electron chi connectivity index (χ1n) is 15.5. The molecule has 0 aromatic heterocycles. The number of carboxylic acid groups (broad SMARTS) is 1. The zero-order valence-corrected chi connectivity index (χ0v) is 26.0. The summed E-state index contributed by atoms with van der Waals surface area (Å²) in [6.45, 7) is 3.67. The first kappa shape index (κ1) is 31.0. The maximum Gasteiger partial charge on any atom is 0.309 e. The average Bonchev–Trinajstić information content (AvgIpc) is 3.70. The van der Waals surface area contributed by atoms with Crippen molar-refractivity contribution in [2.45, 2.75) is 31.8 Å². The minimum atomic E-state index is -0.915. The van der Waals surface area contributed by atoms with Crippen LogP contribution in [0.1, 0.15) is 42.0 Å². The highest BCUT2D eigenvalue weighted by Crippen LogP contribution is 2.47. The topological polar surface area (TPSA) is 97.8 Å². The third-order valence-electron chi connectivity index (χ3n) is 8.63. The smallest absolute Gasteiger partial charge is 0.309 e. The van der Waals surface area contributed by atoms with Gasteiger partial charge in [0, 0.05) is 31.6 Å². The molecule has 4 aromatic rings. The zero-order chi connectivity index (χ0) is 32.0. The quantitative estimate of drug-likeness (QED) is 0.191. The summed E-state index contributed by atoms with van der Waals surface area (Å²) in [7, 11) is 1.59. The van der Waals surface area contributed by atoms with Crippen LogP contribution < -0.4 is 18.9 Å². The minimum absolute atomic E-state index is 0.0551. The molecule has 4 aromatic carbocycles. The molecule has 46 heavy (non-hydrogen) atoms. The Bertz CT molecular complexity index is 1640. The normalized spacial score (nSPS) is 18.7. The summed E-state index contributed by atoms with van der Waals surface area (Å²) < 4.78 is 22.4. The largest absolute Gasteiger partial charge is 0.497 e. The number of fused-ring (bicyclic) bond motifs is 1. The number of nitrogens with zero attached hydrogens (tertiary/aromatic N) is 2. The molecular weight excluding hydrogens is 584 g/mol. The molecule has 2 aliphatic rings. The van der Waals surface area contributed by atoms with Gasteiger partial charge in [0.05, 0.1) is 19.6 Å². The van der Waals surface area contributed by atoms with Crippen LogP contribution in [0.5, 0.6) is 28.7 Å². The van der Waals surface area contributed by atoms with E-state index in [1.807, 2.05) is 114 Å². The predicted molar refractivity (Wildman–Crippen MR) is 172 cm³/mol. The van der Waals surface area contributed by atoms with Gasteiger partial charge in [-0.15, -0.1) is 0 Å². The molecule has 2 heterocycles. The van der Waals surface area contributed by atoms with Crippen molar-refractivity contribution in [1.29, 1.82) is 0 Å². The fraction of sp³-hybridized carbons (Fsp3) is 0.297. The van der Waals surface area contributed by atoms with Gasteiger partial charge in [-0.25, -0.2) is 0 Å². The highest BCUT2D eigenvalue weighted by atomic mass is 16.7. The lowest BCUT2D eigenvalue weighted by Crippen LogP contribution is -2.41. The van der Waals surface area contributed by atoms with Crippen LogP contribution in [0.2, 0.25) is 0 Å². The van der Waals surface area contributed by atoms with Gasteiger partial charge < -0.3 is 29.0 Å². The van der Waals surface area contributed by atoms with E-state index in [-0.39, 0.29) is 25.2 Å². The third-order valence-corrected chi connectivity index (χ3v) is 8.63. The van der Waals surface area contributed by atoms with Gasteiger partial charge in [-0.1, -0.05) is 55.5 Å². The number of hydrogen-bond donors (Lipinski definition) is 1. The number of aliphatic carboxylic acids is 1. The van der Waals surface area contributed by atoms with Gasteiger partial charge in [0.1, 0.15) is 17.2 Å². The number of likely N-dealkylation sites (tertiary alicyclic amines) is 1. The Hall–Kier alpha value is -5.02. The number of para-hydroxylation sites is 1. The van der Waals surface area contributed by atoms with E-state index in [2.05, 4.69) is 0 Å². The molecule has 3 unspecified atom stereocenters. The molecule has 238 valence electrons. The van der Waals surface area contributed by atoms with Crippen molar-refractivity contribution in [3.05, 3.63) is 114 Å². The van der Waals surface area contributed by atoms with E-state index in [1.165, 1.54) is 0 Å². The van der Waals surface area contributed by atoms with Crippen molar-refractivity contribution in [3.63, 3.8) is 0 Å². The maximum absolute atomic E-state index is 14.0. The first-order chi connectivity index (χ1) is 22.4. The van der Waals surface area contributed by atoms with E-state index in [4.69, 9.17) is 18.9 Å². The number of carbonyl (C=O) groups is 2. The number of rotatable bonds is 12. The van der Waals surface area contributed by atoms with Crippen LogP contribution in [0.25, 0.3) is 0 Å². The van der Waals surface area contributed by atoms with E-state index >= 15 is 0 Å². The van der Waals surface area contributed by atoms with Gasteiger partial charge >= 0.3 is 5.97 Å². The number of methoxy groups -OCH3 is 1. The van der Waals surface area contributed by atoms with Crippen LogP contribution in [0, 0.1) is 5.92 Å². The van der Waals surface area contributed by atoms with Crippen molar-refractivity contribution >= 4 is 11.9 Å². The van der Waals surface area contributed by atoms with Crippen LogP contribution in [-0.2, 0) is 16.1 Å². The Morgan fingerprint density at radius 2 is 1.54 bits per heavy atom. The molecule has 9 nitrogen and oxygen atoms in total. The summed E-state index contributed by atoms with van der Waals surface area (Å²) in [6, 6.07) is 29.9. The predicted octanol–water partition coefficient (Wildman–Crippen LogP) is 6.50. The molecule has 0 saturated carbocycles. The summed E-state index contributed by atoms with van der Waals surface area (Å²) >= 11 is 0. The van der Waals surface area contributed by atoms with Gasteiger partial charge in [0.15, 0.2) is 11.5 Å². The molecule has 1 amide bonds. The molecule has 1 N–H and O–H groups in total. The molecule has 1 saturated heterocycles. The van der Waals surface area contributed by atoms with Gasteiger partial charge in [0.25, 0.3) is 0 Å². The zero-order valence-electron chi connectivity index (χ0n) is 26.0. The van der Waals surface area contributed by atoms with Crippen molar-refractivity contribution in [2.75, 3.05) is 33.5 Å². The summed E-state index contributed by atoms with van der Waals surface area (Å²) in [6.07, 6.45) is 0.792. The van der Waals surface area contributed by atoms with Crippen LogP contribution in [0.15, 0.2) is 97.1 Å². The van der Waals surface area contributed by atoms with Gasteiger partial charge in [-0.2, -0.15) is 0 Å². The number of carbonyl (C=O) groups excluding carboxylic acids is 1. The molecule has 0 aliphatic carbocycles. The summed E-state index contributed by atoms with van der Waals surface area (Å²) in [5.74, 6) is 1.27. The second kappa shape index (κ2) is 14.0. The number of carboxylic acids is 1. The molecule has 6 rings (SSSR count). The SMILES string of the molecule is CCCN(Cc1ccc(Oc2ccccc2)cc1)C(=O)CN1CC(c2ccc3c(c2)OCO3)C(C(=O)O)C1c1ccc(OC)cc1. The van der Waals surface area contributed by atoms with Crippen molar-refractivity contribution < 1.29 is 33.6 Å². The molecule has 0 radical (unpaired) electrons. The first-order valence-corrected chi connectivity index (χ1v) is 15.5. The van der Waals surface area contributed by atoms with Gasteiger partial charge in [-0.05, 0) is 71.6 Å². The fourth-order valence-electron chi connectivity index (χ4n) is 6.42. The average molecular weight is 623 g/mol. The number of ether oxygens (including phenoxy) is 4. The van der Waals surface area contributed by atoms with E-state index in [1.54, 1.807) is 7.11 Å². The highest BCUT2D eigenvalue weighted by Gasteiger charge is 2.48. The summed E-state index contributed by atoms with van der Waals surface area (Å²) in [5.41, 5.74) is 2.64. The summed E-state index contributed by atoms with van der Waals surface area (Å²) in [5, 5.41) is 10.6. The van der Waals surface area contributed by atoms with E-state index in [9.17, 15) is 14.7 Å². The van der Waals surface area contributed by atoms with E-state index < -0.39 is 17.9 Å². The third kappa shape index (κ3) is 6.79. The van der Waals surface area contributed by atoms with Crippen LogP contribution in [0.4, 0.5) is 0 Å². The molecular formula is C37H38N2O7. The number of hydrogen-bond acceptors (Lipinski definition) is 7. The molecule has 0 spiro atoms. The monoisotopic (exact) mass is 622 g/mol. The van der Waals surface area contributed by atoms with Gasteiger partial charge in [0.2, 0.25) is 12.7 Å². The minimum Gasteiger partial charge on any atom is -0.497 e. The lowest BCUT2D eigenvalue weighted by atomic mass is 9.82. The second-order valence-corrected chi connectivity index (χ2v) is 11.6. The van der Waals surface area contributed by atoms with Crippen molar-refractivity contribution in [2.24, 2.45) is 5.92 Å². The number of benzene rings is 4. The molecule has 2 aliphatic heterocycles. The highest BCUT2D eigenvalue weighted by molar-refractivity contribution is 5.79. The van der Waals surface area contributed by atoms with Gasteiger partial charge in [-0.3, -0.25) is 14.5 Å². The number of amides is 1. The van der Waals surface area contributed by atoms with Crippen LogP contribution >= 0.6 is 0 Å². The maximum atomic E-state index is 14.0. The molecule has 0 bridgehead atoms. The van der Waals surface area contributed by atoms with Crippen molar-refractivity contribution in [1.82, 2.24) is 9.80 Å². The Morgan fingerprint density at radius 1 is 0.870 bits per heavy atom.